The van der Waals surface area contributed by atoms with Gasteiger partial charge >= 0.3 is 5.97 Å². The molecule has 0 aliphatic heterocycles. The average molecular weight is 343 g/mol. The maximum atomic E-state index is 12.1. The quantitative estimate of drug-likeness (QED) is 0.840. The van der Waals surface area contributed by atoms with Crippen molar-refractivity contribution < 1.29 is 9.53 Å². The first kappa shape index (κ1) is 17.5. The van der Waals surface area contributed by atoms with E-state index in [0.717, 1.165) is 38.1 Å². The molecule has 0 amide bonds. The minimum Gasteiger partial charge on any atom is -0.465 e. The van der Waals surface area contributed by atoms with E-state index in [-0.39, 0.29) is 5.54 Å². The third-order valence-electron chi connectivity index (χ3n) is 5.08. The van der Waals surface area contributed by atoms with Gasteiger partial charge in [-0.05, 0) is 60.7 Å². The summed E-state index contributed by atoms with van der Waals surface area (Å²) in [6.45, 7) is 5.21. The zero-order valence-corrected chi connectivity index (χ0v) is 15.0. The van der Waals surface area contributed by atoms with E-state index in [1.54, 1.807) is 10.7 Å². The summed E-state index contributed by atoms with van der Waals surface area (Å²) >= 11 is 0. The van der Waals surface area contributed by atoms with Crippen molar-refractivity contribution in [2.75, 3.05) is 13.7 Å². The van der Waals surface area contributed by atoms with E-state index in [4.69, 9.17) is 4.74 Å². The first-order chi connectivity index (χ1) is 12.1. The van der Waals surface area contributed by atoms with Crippen molar-refractivity contribution >= 4 is 5.97 Å². The van der Waals surface area contributed by atoms with Crippen LogP contribution in [0.25, 0.3) is 5.69 Å². The SMILES string of the molecule is CCNC1(c2nnnn2-c2ccccc2C(=O)OC)CCC(C)CC1. The molecule has 0 saturated heterocycles. The molecular formula is C18H25N5O2. The van der Waals surface area contributed by atoms with E-state index in [0.29, 0.717) is 17.2 Å². The van der Waals surface area contributed by atoms with Gasteiger partial charge in [0.25, 0.3) is 0 Å². The number of hydrogen-bond donors (Lipinski definition) is 1. The number of carbonyl (C=O) groups excluding carboxylic acids is 1. The molecule has 7 nitrogen and oxygen atoms in total. The van der Waals surface area contributed by atoms with E-state index in [1.165, 1.54) is 7.11 Å². The van der Waals surface area contributed by atoms with E-state index in [1.807, 2.05) is 18.2 Å². The number of tetrazole rings is 1. The van der Waals surface area contributed by atoms with Crippen molar-refractivity contribution in [2.45, 2.75) is 45.1 Å². The van der Waals surface area contributed by atoms with E-state index in [2.05, 4.69) is 34.7 Å². The molecule has 0 radical (unpaired) electrons. The smallest absolute Gasteiger partial charge is 0.340 e. The lowest BCUT2D eigenvalue weighted by molar-refractivity contribution is 0.0600. The molecule has 1 aliphatic carbocycles. The molecule has 1 N–H and O–H groups in total. The number of ether oxygens (including phenoxy) is 1. The first-order valence-corrected chi connectivity index (χ1v) is 8.83. The second-order valence-corrected chi connectivity index (χ2v) is 6.72. The van der Waals surface area contributed by atoms with Crippen LogP contribution in [0.15, 0.2) is 24.3 Å². The predicted octanol–water partition coefficient (Wildman–Crippen LogP) is 2.46. The molecule has 1 fully saturated rings. The molecule has 1 heterocycles. The Labute approximate surface area is 147 Å². The summed E-state index contributed by atoms with van der Waals surface area (Å²) in [7, 11) is 1.38. The highest BCUT2D eigenvalue weighted by atomic mass is 16.5. The van der Waals surface area contributed by atoms with E-state index in [9.17, 15) is 4.79 Å². The van der Waals surface area contributed by atoms with Crippen LogP contribution in [0.5, 0.6) is 0 Å². The minimum atomic E-state index is -0.396. The maximum Gasteiger partial charge on any atom is 0.340 e. The Morgan fingerprint density at radius 1 is 1.36 bits per heavy atom. The van der Waals surface area contributed by atoms with Crippen LogP contribution in [0.1, 0.15) is 55.7 Å². The van der Waals surface area contributed by atoms with Crippen LogP contribution in [0.3, 0.4) is 0 Å². The van der Waals surface area contributed by atoms with Gasteiger partial charge in [0.05, 0.1) is 23.9 Å². The standard InChI is InChI=1S/C18H25N5O2/c1-4-19-18(11-9-13(2)10-12-18)17-20-21-22-23(17)15-8-6-5-7-14(15)16(24)25-3/h5-8,13,19H,4,9-12H2,1-3H3. The Balaban J connectivity index is 2.07. The van der Waals surface area contributed by atoms with Crippen LogP contribution >= 0.6 is 0 Å². The van der Waals surface area contributed by atoms with Crippen LogP contribution in [0.4, 0.5) is 0 Å². The average Bonchev–Trinajstić information content (AvgIpc) is 3.13. The van der Waals surface area contributed by atoms with Crippen molar-refractivity contribution in [1.82, 2.24) is 25.5 Å². The number of methoxy groups -OCH3 is 1. The lowest BCUT2D eigenvalue weighted by Crippen LogP contribution is -2.47. The van der Waals surface area contributed by atoms with Gasteiger partial charge in [-0.15, -0.1) is 5.10 Å². The number of nitrogens with zero attached hydrogens (tertiary/aromatic N) is 4. The van der Waals surface area contributed by atoms with Gasteiger partial charge in [-0.2, -0.15) is 4.68 Å². The van der Waals surface area contributed by atoms with Gasteiger partial charge < -0.3 is 10.1 Å². The maximum absolute atomic E-state index is 12.1. The van der Waals surface area contributed by atoms with E-state index >= 15 is 0 Å². The Morgan fingerprint density at radius 2 is 2.08 bits per heavy atom. The van der Waals surface area contributed by atoms with E-state index < -0.39 is 5.97 Å². The van der Waals surface area contributed by atoms with Crippen LogP contribution in [-0.2, 0) is 10.3 Å². The van der Waals surface area contributed by atoms with Gasteiger partial charge in [-0.1, -0.05) is 26.0 Å². The van der Waals surface area contributed by atoms with Gasteiger partial charge in [0.2, 0.25) is 0 Å². The Hall–Kier alpha value is -2.28. The number of hydrogen-bond acceptors (Lipinski definition) is 6. The van der Waals surface area contributed by atoms with Crippen molar-refractivity contribution in [3.8, 4) is 5.69 Å². The van der Waals surface area contributed by atoms with Crippen LogP contribution in [0, 0.1) is 5.92 Å². The third-order valence-corrected chi connectivity index (χ3v) is 5.08. The normalized spacial score (nSPS) is 23.4. The summed E-state index contributed by atoms with van der Waals surface area (Å²) in [5.41, 5.74) is 0.827. The number of para-hydroxylation sites is 1. The van der Waals surface area contributed by atoms with Crippen molar-refractivity contribution in [3.05, 3.63) is 35.7 Å². The van der Waals surface area contributed by atoms with Gasteiger partial charge in [0.15, 0.2) is 5.82 Å². The zero-order chi connectivity index (χ0) is 17.9. The second kappa shape index (κ2) is 7.31. The highest BCUT2D eigenvalue weighted by molar-refractivity contribution is 5.93. The fourth-order valence-corrected chi connectivity index (χ4v) is 3.66. The molecule has 134 valence electrons. The van der Waals surface area contributed by atoms with Gasteiger partial charge in [-0.3, -0.25) is 0 Å². The highest BCUT2D eigenvalue weighted by Gasteiger charge is 2.40. The lowest BCUT2D eigenvalue weighted by Gasteiger charge is -2.39. The van der Waals surface area contributed by atoms with Gasteiger partial charge in [0, 0.05) is 0 Å². The monoisotopic (exact) mass is 343 g/mol. The zero-order valence-electron chi connectivity index (χ0n) is 15.0. The fraction of sp³-hybridized carbons (Fsp3) is 0.556. The molecular weight excluding hydrogens is 318 g/mol. The lowest BCUT2D eigenvalue weighted by atomic mass is 9.76. The topological polar surface area (TPSA) is 81.9 Å². The number of aromatic nitrogens is 4. The first-order valence-electron chi connectivity index (χ1n) is 8.83. The summed E-state index contributed by atoms with van der Waals surface area (Å²) in [5.74, 6) is 1.07. The molecule has 25 heavy (non-hydrogen) atoms. The Bertz CT molecular complexity index is 735. The molecule has 0 atom stereocenters. The van der Waals surface area contributed by atoms with Crippen LogP contribution < -0.4 is 5.32 Å². The van der Waals surface area contributed by atoms with Gasteiger partial charge in [-0.25, -0.2) is 4.79 Å². The van der Waals surface area contributed by atoms with Crippen molar-refractivity contribution in [1.29, 1.82) is 0 Å². The minimum absolute atomic E-state index is 0.270. The second-order valence-electron chi connectivity index (χ2n) is 6.72. The largest absolute Gasteiger partial charge is 0.465 e. The Morgan fingerprint density at radius 3 is 2.76 bits per heavy atom. The number of benzene rings is 1. The molecule has 7 heteroatoms. The summed E-state index contributed by atoms with van der Waals surface area (Å²) in [4.78, 5) is 12.1. The number of carbonyl (C=O) groups is 1. The number of esters is 1. The fourth-order valence-electron chi connectivity index (χ4n) is 3.66. The molecule has 0 unspecified atom stereocenters. The molecule has 1 aromatic carbocycles. The van der Waals surface area contributed by atoms with Crippen molar-refractivity contribution in [2.24, 2.45) is 5.92 Å². The van der Waals surface area contributed by atoms with Crippen molar-refractivity contribution in [3.63, 3.8) is 0 Å². The Kier molecular flexibility index (Phi) is 5.13. The third kappa shape index (κ3) is 3.28. The molecule has 1 aliphatic rings. The molecule has 1 saturated carbocycles. The van der Waals surface area contributed by atoms with Crippen LogP contribution in [-0.4, -0.2) is 39.8 Å². The summed E-state index contributed by atoms with van der Waals surface area (Å²) in [5, 5.41) is 16.1. The molecule has 0 spiro atoms. The summed E-state index contributed by atoms with van der Waals surface area (Å²) in [6.07, 6.45) is 4.20. The number of rotatable bonds is 5. The number of nitrogens with one attached hydrogen (secondary N) is 1. The summed E-state index contributed by atoms with van der Waals surface area (Å²) < 4.78 is 6.60. The van der Waals surface area contributed by atoms with Crippen LogP contribution in [0.2, 0.25) is 0 Å². The predicted molar refractivity (Wildman–Crippen MR) is 93.5 cm³/mol. The highest BCUT2D eigenvalue weighted by Crippen LogP contribution is 2.39. The summed E-state index contributed by atoms with van der Waals surface area (Å²) in [6, 6.07) is 7.25. The molecule has 0 bridgehead atoms. The molecule has 1 aromatic heterocycles. The molecule has 2 aromatic rings. The molecule has 3 rings (SSSR count). The van der Waals surface area contributed by atoms with Gasteiger partial charge in [0.1, 0.15) is 0 Å².